The van der Waals surface area contributed by atoms with Gasteiger partial charge in [-0.1, -0.05) is 12.1 Å². The standard InChI is InChI=1S/C10H7FN2OS/c11-8-3-1-2-7(4-8)10(14)5-9-6-12-15-13-9/h1-4,6H,5H2. The molecule has 1 heterocycles. The molecule has 1 aromatic carbocycles. The van der Waals surface area contributed by atoms with E-state index >= 15 is 0 Å². The van der Waals surface area contributed by atoms with Gasteiger partial charge in [0.1, 0.15) is 5.82 Å². The SMILES string of the molecule is O=C(Cc1cnsn1)c1cccc(F)c1. The molecule has 0 spiro atoms. The van der Waals surface area contributed by atoms with Crippen LogP contribution >= 0.6 is 11.7 Å². The molecule has 0 saturated carbocycles. The summed E-state index contributed by atoms with van der Waals surface area (Å²) in [6.45, 7) is 0. The van der Waals surface area contributed by atoms with Gasteiger partial charge in [0.2, 0.25) is 0 Å². The van der Waals surface area contributed by atoms with Crippen LogP contribution in [-0.4, -0.2) is 14.5 Å². The summed E-state index contributed by atoms with van der Waals surface area (Å²) in [6.07, 6.45) is 1.71. The van der Waals surface area contributed by atoms with Crippen molar-refractivity contribution in [1.29, 1.82) is 0 Å². The number of carbonyl (C=O) groups excluding carboxylic acids is 1. The molecule has 3 nitrogen and oxygen atoms in total. The summed E-state index contributed by atoms with van der Waals surface area (Å²) in [5.74, 6) is -0.556. The lowest BCUT2D eigenvalue weighted by atomic mass is 10.1. The molecule has 0 radical (unpaired) electrons. The van der Waals surface area contributed by atoms with Crippen LogP contribution < -0.4 is 0 Å². The van der Waals surface area contributed by atoms with E-state index in [0.717, 1.165) is 11.7 Å². The van der Waals surface area contributed by atoms with Gasteiger partial charge in [0.05, 0.1) is 30.0 Å². The molecule has 0 aliphatic carbocycles. The van der Waals surface area contributed by atoms with Crippen LogP contribution in [-0.2, 0) is 6.42 Å². The van der Waals surface area contributed by atoms with E-state index in [0.29, 0.717) is 11.3 Å². The Kier molecular flexibility index (Phi) is 2.82. The van der Waals surface area contributed by atoms with Gasteiger partial charge in [-0.05, 0) is 12.1 Å². The second-order valence-electron chi connectivity index (χ2n) is 3.01. The highest BCUT2D eigenvalue weighted by atomic mass is 32.1. The number of aromatic nitrogens is 2. The molecule has 0 N–H and O–H groups in total. The highest BCUT2D eigenvalue weighted by molar-refractivity contribution is 6.99. The van der Waals surface area contributed by atoms with Gasteiger partial charge in [-0.25, -0.2) is 4.39 Å². The molecule has 5 heteroatoms. The number of Topliss-reactive ketones (excluding diaryl/α,β-unsaturated/α-hetero) is 1. The van der Waals surface area contributed by atoms with Gasteiger partial charge in [0, 0.05) is 5.56 Å². The van der Waals surface area contributed by atoms with E-state index in [1.165, 1.54) is 18.2 Å². The Morgan fingerprint density at radius 2 is 2.33 bits per heavy atom. The minimum atomic E-state index is -0.405. The molecule has 0 aliphatic heterocycles. The number of carbonyl (C=O) groups is 1. The van der Waals surface area contributed by atoms with Crippen molar-refractivity contribution in [3.63, 3.8) is 0 Å². The van der Waals surface area contributed by atoms with E-state index in [9.17, 15) is 9.18 Å². The van der Waals surface area contributed by atoms with Gasteiger partial charge in [-0.15, -0.1) is 0 Å². The van der Waals surface area contributed by atoms with E-state index in [1.54, 1.807) is 12.3 Å². The molecule has 0 atom stereocenters. The number of hydrogen-bond acceptors (Lipinski definition) is 4. The zero-order valence-corrected chi connectivity index (χ0v) is 8.50. The highest BCUT2D eigenvalue weighted by Gasteiger charge is 2.09. The Hall–Kier alpha value is -1.62. The lowest BCUT2D eigenvalue weighted by Gasteiger charge is -1.97. The molecule has 0 bridgehead atoms. The molecule has 0 amide bonds. The number of ketones is 1. The average molecular weight is 222 g/mol. The second-order valence-corrected chi connectivity index (χ2v) is 3.57. The Morgan fingerprint density at radius 3 is 3.00 bits per heavy atom. The monoisotopic (exact) mass is 222 g/mol. The summed E-state index contributed by atoms with van der Waals surface area (Å²) < 4.78 is 20.5. The fourth-order valence-electron chi connectivity index (χ4n) is 1.19. The number of halogens is 1. The van der Waals surface area contributed by atoms with E-state index in [1.807, 2.05) is 0 Å². The summed E-state index contributed by atoms with van der Waals surface area (Å²) >= 11 is 1.05. The van der Waals surface area contributed by atoms with Crippen molar-refractivity contribution in [2.45, 2.75) is 6.42 Å². The first-order valence-corrected chi connectivity index (χ1v) is 5.04. The summed E-state index contributed by atoms with van der Waals surface area (Å²) in [4.78, 5) is 11.6. The van der Waals surface area contributed by atoms with E-state index in [2.05, 4.69) is 8.75 Å². The van der Waals surface area contributed by atoms with E-state index < -0.39 is 5.82 Å². The molecule has 2 aromatic rings. The van der Waals surface area contributed by atoms with Gasteiger partial charge >= 0.3 is 0 Å². The van der Waals surface area contributed by atoms with Crippen molar-refractivity contribution in [3.05, 3.63) is 47.5 Å². The molecule has 0 saturated heterocycles. The van der Waals surface area contributed by atoms with Gasteiger partial charge in [0.15, 0.2) is 5.78 Å². The van der Waals surface area contributed by atoms with Crippen LogP contribution in [0.5, 0.6) is 0 Å². The fourth-order valence-corrected chi connectivity index (χ4v) is 1.62. The molecule has 76 valence electrons. The quantitative estimate of drug-likeness (QED) is 0.747. The molecule has 0 aliphatic rings. The van der Waals surface area contributed by atoms with Crippen molar-refractivity contribution in [1.82, 2.24) is 8.75 Å². The highest BCUT2D eigenvalue weighted by Crippen LogP contribution is 2.08. The fraction of sp³-hybridized carbons (Fsp3) is 0.100. The Morgan fingerprint density at radius 1 is 1.47 bits per heavy atom. The van der Waals surface area contributed by atoms with Gasteiger partial charge in [-0.2, -0.15) is 8.75 Å². The maximum Gasteiger partial charge on any atom is 0.169 e. The summed E-state index contributed by atoms with van der Waals surface area (Å²) in [5.41, 5.74) is 0.984. The predicted molar refractivity (Wildman–Crippen MR) is 54.3 cm³/mol. The lowest BCUT2D eigenvalue weighted by Crippen LogP contribution is -2.03. The Balaban J connectivity index is 2.15. The zero-order valence-electron chi connectivity index (χ0n) is 7.68. The number of hydrogen-bond donors (Lipinski definition) is 0. The third-order valence-corrected chi connectivity index (χ3v) is 2.41. The number of benzene rings is 1. The molecule has 0 fully saturated rings. The Labute approximate surface area is 89.9 Å². The lowest BCUT2D eigenvalue weighted by molar-refractivity contribution is 0.0991. The van der Waals surface area contributed by atoms with Crippen molar-refractivity contribution in [3.8, 4) is 0 Å². The minimum absolute atomic E-state index is 0.151. The maximum atomic E-state index is 12.8. The topological polar surface area (TPSA) is 42.9 Å². The van der Waals surface area contributed by atoms with Crippen molar-refractivity contribution < 1.29 is 9.18 Å². The van der Waals surface area contributed by atoms with Crippen LogP contribution in [0.15, 0.2) is 30.5 Å². The van der Waals surface area contributed by atoms with Crippen LogP contribution in [0.2, 0.25) is 0 Å². The minimum Gasteiger partial charge on any atom is -0.294 e. The largest absolute Gasteiger partial charge is 0.294 e. The van der Waals surface area contributed by atoms with Crippen molar-refractivity contribution in [2.24, 2.45) is 0 Å². The first kappa shape index (κ1) is 9.92. The summed E-state index contributed by atoms with van der Waals surface area (Å²) in [6, 6.07) is 5.64. The average Bonchev–Trinajstić information content (AvgIpc) is 2.70. The van der Waals surface area contributed by atoms with E-state index in [-0.39, 0.29) is 12.2 Å². The second kappa shape index (κ2) is 4.27. The maximum absolute atomic E-state index is 12.8. The first-order valence-electron chi connectivity index (χ1n) is 4.31. The van der Waals surface area contributed by atoms with Crippen LogP contribution in [0.1, 0.15) is 16.1 Å². The van der Waals surface area contributed by atoms with Crippen LogP contribution in [0.3, 0.4) is 0 Å². The summed E-state index contributed by atoms with van der Waals surface area (Å²) in [5, 5.41) is 0. The molecule has 0 unspecified atom stereocenters. The molecule has 2 rings (SSSR count). The first-order chi connectivity index (χ1) is 7.25. The van der Waals surface area contributed by atoms with Crippen LogP contribution in [0.25, 0.3) is 0 Å². The van der Waals surface area contributed by atoms with Gasteiger partial charge < -0.3 is 0 Å². The van der Waals surface area contributed by atoms with E-state index in [4.69, 9.17) is 0 Å². The smallest absolute Gasteiger partial charge is 0.169 e. The number of nitrogens with zero attached hydrogens (tertiary/aromatic N) is 2. The van der Waals surface area contributed by atoms with Gasteiger partial charge in [0.25, 0.3) is 0 Å². The van der Waals surface area contributed by atoms with Crippen molar-refractivity contribution in [2.75, 3.05) is 0 Å². The zero-order chi connectivity index (χ0) is 10.7. The predicted octanol–water partition coefficient (Wildman–Crippen LogP) is 2.10. The molecule has 1 aromatic heterocycles. The molecular formula is C10H7FN2OS. The Bertz CT molecular complexity index is 470. The van der Waals surface area contributed by atoms with Crippen molar-refractivity contribution >= 4 is 17.5 Å². The molecular weight excluding hydrogens is 215 g/mol. The van der Waals surface area contributed by atoms with Crippen LogP contribution in [0, 0.1) is 5.82 Å². The third-order valence-electron chi connectivity index (χ3n) is 1.90. The normalized spacial score (nSPS) is 10.2. The number of rotatable bonds is 3. The molecule has 15 heavy (non-hydrogen) atoms. The summed E-state index contributed by atoms with van der Waals surface area (Å²) in [7, 11) is 0. The third kappa shape index (κ3) is 2.44. The van der Waals surface area contributed by atoms with Crippen LogP contribution in [0.4, 0.5) is 4.39 Å². The van der Waals surface area contributed by atoms with Gasteiger partial charge in [-0.3, -0.25) is 4.79 Å².